The van der Waals surface area contributed by atoms with Crippen LogP contribution in [0.3, 0.4) is 0 Å². The smallest absolute Gasteiger partial charge is 0.325 e. The first-order valence-corrected chi connectivity index (χ1v) is 8.91. The fourth-order valence-corrected chi connectivity index (χ4v) is 3.14. The molecule has 2 heterocycles. The van der Waals surface area contributed by atoms with Gasteiger partial charge in [0.15, 0.2) is 0 Å². The van der Waals surface area contributed by atoms with Crippen molar-refractivity contribution in [2.24, 2.45) is 5.73 Å². The Morgan fingerprint density at radius 3 is 2.86 bits per heavy atom. The quantitative estimate of drug-likeness (QED) is 0.579. The van der Waals surface area contributed by atoms with E-state index in [4.69, 9.17) is 5.73 Å². The first-order chi connectivity index (χ1) is 13.5. The fraction of sp³-hybridized carbons (Fsp3) is 0.300. The predicted octanol–water partition coefficient (Wildman–Crippen LogP) is 0.624. The van der Waals surface area contributed by atoms with Crippen molar-refractivity contribution in [2.45, 2.75) is 12.5 Å². The van der Waals surface area contributed by atoms with Crippen molar-refractivity contribution in [3.05, 3.63) is 53.9 Å². The van der Waals surface area contributed by atoms with E-state index in [1.807, 2.05) is 36.4 Å². The Labute approximate surface area is 162 Å². The van der Waals surface area contributed by atoms with E-state index in [2.05, 4.69) is 15.0 Å². The number of benzene rings is 1. The van der Waals surface area contributed by atoms with Gasteiger partial charge in [-0.1, -0.05) is 30.3 Å². The average molecular weight is 382 g/mol. The summed E-state index contributed by atoms with van der Waals surface area (Å²) in [6.07, 6.45) is 3.68. The molecule has 146 valence electrons. The van der Waals surface area contributed by atoms with Gasteiger partial charge in [0.1, 0.15) is 18.3 Å². The van der Waals surface area contributed by atoms with E-state index in [1.165, 1.54) is 12.0 Å². The van der Waals surface area contributed by atoms with Gasteiger partial charge in [-0.25, -0.2) is 0 Å². The Hall–Kier alpha value is -3.26. The number of nitrogens with two attached hydrogens (primary N) is 1. The molecule has 8 nitrogen and oxygen atoms in total. The first kappa shape index (κ1) is 19.5. The summed E-state index contributed by atoms with van der Waals surface area (Å²) in [5, 5.41) is 4.34. The molecule has 3 N–H and O–H groups in total. The Morgan fingerprint density at radius 1 is 1.32 bits per heavy atom. The van der Waals surface area contributed by atoms with E-state index in [9.17, 15) is 14.4 Å². The van der Waals surface area contributed by atoms with Gasteiger partial charge in [-0.3, -0.25) is 19.4 Å². The summed E-state index contributed by atoms with van der Waals surface area (Å²) in [6, 6.07) is 8.40. The topological polar surface area (TPSA) is 115 Å². The molecule has 0 spiro atoms. The third kappa shape index (κ3) is 4.17. The minimum absolute atomic E-state index is 0.203. The molecule has 1 aliphatic heterocycles. The number of amides is 2. The van der Waals surface area contributed by atoms with Crippen LogP contribution in [0.2, 0.25) is 0 Å². The molecule has 0 aliphatic carbocycles. The maximum atomic E-state index is 12.9. The van der Waals surface area contributed by atoms with Crippen molar-refractivity contribution < 1.29 is 19.1 Å². The largest absolute Gasteiger partial charge is 0.468 e. The summed E-state index contributed by atoms with van der Waals surface area (Å²) in [7, 11) is 1.26. The molecule has 0 saturated heterocycles. The molecule has 1 aromatic carbocycles. The number of hydrogen-bond donors (Lipinski definition) is 2. The average Bonchev–Trinajstić information content (AvgIpc) is 2.86. The molecular formula is C20H22N4O4. The van der Waals surface area contributed by atoms with Crippen LogP contribution in [0.5, 0.6) is 0 Å². The van der Waals surface area contributed by atoms with Gasteiger partial charge < -0.3 is 20.7 Å². The Kier molecular flexibility index (Phi) is 6.00. The van der Waals surface area contributed by atoms with Crippen molar-refractivity contribution in [1.29, 1.82) is 0 Å². The van der Waals surface area contributed by atoms with E-state index < -0.39 is 17.9 Å². The second-order valence-corrected chi connectivity index (χ2v) is 6.48. The molecule has 1 aliphatic rings. The number of hydrogen-bond acceptors (Lipinski definition) is 6. The minimum atomic E-state index is -0.818. The van der Waals surface area contributed by atoms with Gasteiger partial charge in [0, 0.05) is 24.7 Å². The van der Waals surface area contributed by atoms with Crippen molar-refractivity contribution in [3.8, 4) is 0 Å². The predicted molar refractivity (Wildman–Crippen MR) is 103 cm³/mol. The lowest BCUT2D eigenvalue weighted by Gasteiger charge is -2.24. The fourth-order valence-electron chi connectivity index (χ4n) is 3.14. The van der Waals surface area contributed by atoms with E-state index in [0.717, 1.165) is 11.0 Å². The summed E-state index contributed by atoms with van der Waals surface area (Å²) in [4.78, 5) is 42.9. The van der Waals surface area contributed by atoms with Crippen molar-refractivity contribution in [1.82, 2.24) is 15.2 Å². The molecule has 2 aromatic rings. The van der Waals surface area contributed by atoms with Gasteiger partial charge >= 0.3 is 5.97 Å². The number of carbonyl (C=O) groups is 3. The van der Waals surface area contributed by atoms with Crippen LogP contribution in [0, 0.1) is 0 Å². The number of ether oxygens (including phenoxy) is 1. The molecule has 0 bridgehead atoms. The zero-order chi connectivity index (χ0) is 20.1. The van der Waals surface area contributed by atoms with Gasteiger partial charge in [-0.15, -0.1) is 0 Å². The number of carbonyl (C=O) groups excluding carboxylic acids is 3. The number of nitrogens with zero attached hydrogens (tertiary/aromatic N) is 2. The normalized spacial score (nSPS) is 17.1. The number of esters is 1. The summed E-state index contributed by atoms with van der Waals surface area (Å²) in [5.74, 6) is -1.34. The molecule has 1 atom stereocenters. The van der Waals surface area contributed by atoms with Gasteiger partial charge in [0.2, 0.25) is 5.91 Å². The highest BCUT2D eigenvalue weighted by atomic mass is 16.5. The Bertz CT molecular complexity index is 935. The molecule has 1 aromatic heterocycles. The lowest BCUT2D eigenvalue weighted by atomic mass is 10.1. The highest BCUT2D eigenvalue weighted by Crippen LogP contribution is 2.17. The van der Waals surface area contributed by atoms with Crippen molar-refractivity contribution >= 4 is 28.6 Å². The Balaban J connectivity index is 1.84. The lowest BCUT2D eigenvalue weighted by molar-refractivity contribution is -0.147. The molecule has 28 heavy (non-hydrogen) atoms. The van der Waals surface area contributed by atoms with Crippen LogP contribution >= 0.6 is 0 Å². The third-order valence-electron chi connectivity index (χ3n) is 4.65. The standard InChI is InChI=1S/C20H22N4O4/c1-28-17(25)12-24-11-13(10-21)6-7-16(20(24)27)23-19(26)18-15-5-3-2-4-14(15)8-9-22-18/h2-6,8-9,16H,7,10-12,21H2,1H3,(H,23,26)/t16-/m0/s1. The molecule has 8 heteroatoms. The van der Waals surface area contributed by atoms with Crippen LogP contribution in [0.4, 0.5) is 0 Å². The molecule has 0 fully saturated rings. The summed E-state index contributed by atoms with van der Waals surface area (Å²) in [5.41, 5.74) is 6.79. The second kappa shape index (κ2) is 8.62. The van der Waals surface area contributed by atoms with E-state index in [-0.39, 0.29) is 31.2 Å². The van der Waals surface area contributed by atoms with Crippen molar-refractivity contribution in [3.63, 3.8) is 0 Å². The number of methoxy groups -OCH3 is 1. The molecule has 0 radical (unpaired) electrons. The van der Waals surface area contributed by atoms with Crippen molar-refractivity contribution in [2.75, 3.05) is 26.7 Å². The van der Waals surface area contributed by atoms with Crippen LogP contribution in [0.25, 0.3) is 10.8 Å². The van der Waals surface area contributed by atoms with Crippen LogP contribution < -0.4 is 11.1 Å². The summed E-state index contributed by atoms with van der Waals surface area (Å²) >= 11 is 0. The zero-order valence-electron chi connectivity index (χ0n) is 15.6. The molecule has 0 unspecified atom stereocenters. The van der Waals surface area contributed by atoms with Crippen LogP contribution in [0.15, 0.2) is 48.2 Å². The number of pyridine rings is 1. The van der Waals surface area contributed by atoms with Crippen LogP contribution in [-0.4, -0.2) is 60.5 Å². The second-order valence-electron chi connectivity index (χ2n) is 6.48. The highest BCUT2D eigenvalue weighted by Gasteiger charge is 2.30. The lowest BCUT2D eigenvalue weighted by Crippen LogP contribution is -2.49. The van der Waals surface area contributed by atoms with Gasteiger partial charge in [-0.05, 0) is 23.4 Å². The minimum Gasteiger partial charge on any atom is -0.468 e. The van der Waals surface area contributed by atoms with Gasteiger partial charge in [0.25, 0.3) is 5.91 Å². The number of nitrogens with one attached hydrogen (secondary N) is 1. The van der Waals surface area contributed by atoms with Gasteiger partial charge in [0.05, 0.1) is 7.11 Å². The first-order valence-electron chi connectivity index (χ1n) is 8.91. The summed E-state index contributed by atoms with van der Waals surface area (Å²) in [6.45, 7) is 0.283. The van der Waals surface area contributed by atoms with Crippen LogP contribution in [0.1, 0.15) is 16.9 Å². The molecular weight excluding hydrogens is 360 g/mol. The van der Waals surface area contributed by atoms with E-state index in [0.29, 0.717) is 11.8 Å². The third-order valence-corrected chi connectivity index (χ3v) is 4.65. The highest BCUT2D eigenvalue weighted by molar-refractivity contribution is 6.06. The number of fused-ring (bicyclic) bond motifs is 1. The van der Waals surface area contributed by atoms with E-state index >= 15 is 0 Å². The number of rotatable bonds is 5. The molecule has 0 saturated carbocycles. The Morgan fingerprint density at radius 2 is 2.11 bits per heavy atom. The van der Waals surface area contributed by atoms with E-state index in [1.54, 1.807) is 6.20 Å². The molecule has 3 rings (SSSR count). The summed E-state index contributed by atoms with van der Waals surface area (Å²) < 4.78 is 4.66. The maximum absolute atomic E-state index is 12.9. The van der Waals surface area contributed by atoms with Crippen LogP contribution in [-0.2, 0) is 14.3 Å². The monoisotopic (exact) mass is 382 g/mol. The molecule has 2 amide bonds. The SMILES string of the molecule is COC(=O)CN1CC(CN)=CC[C@H](NC(=O)c2nccc3ccccc23)C1=O. The van der Waals surface area contributed by atoms with Gasteiger partial charge in [-0.2, -0.15) is 0 Å². The zero-order valence-corrected chi connectivity index (χ0v) is 15.6. The number of aromatic nitrogens is 1. The maximum Gasteiger partial charge on any atom is 0.325 e.